The lowest BCUT2D eigenvalue weighted by Crippen LogP contribution is -2.33. The summed E-state index contributed by atoms with van der Waals surface area (Å²) in [6, 6.07) is 13.6. The molecule has 0 heterocycles. The Bertz CT molecular complexity index is 942. The molecule has 1 aliphatic rings. The summed E-state index contributed by atoms with van der Waals surface area (Å²) >= 11 is 0. The van der Waals surface area contributed by atoms with Gasteiger partial charge in [-0.05, 0) is 69.6 Å². The van der Waals surface area contributed by atoms with Gasteiger partial charge < -0.3 is 9.84 Å². The average Bonchev–Trinajstić information content (AvgIpc) is 2.72. The van der Waals surface area contributed by atoms with Crippen LogP contribution in [0, 0.1) is 18.8 Å². The third-order valence-electron chi connectivity index (χ3n) is 6.23. The van der Waals surface area contributed by atoms with Gasteiger partial charge in [-0.1, -0.05) is 53.6 Å². The summed E-state index contributed by atoms with van der Waals surface area (Å²) in [5, 5.41) is 10.7. The number of aromatic hydroxyl groups is 1. The monoisotopic (exact) mass is 404 g/mol. The summed E-state index contributed by atoms with van der Waals surface area (Å²) in [5.41, 5.74) is 4.84. The number of Topliss-reactive ketones (excluding diaryl/α,β-unsaturated/α-hetero) is 1. The molecule has 1 N–H and O–H groups in total. The molecule has 3 heteroatoms. The zero-order valence-corrected chi connectivity index (χ0v) is 18.6. The molecule has 2 aromatic rings. The number of hydrogen-bond donors (Lipinski definition) is 1. The number of carbonyl (C=O) groups is 1. The molecular weight excluding hydrogens is 372 g/mol. The molecule has 3 atom stereocenters. The number of rotatable bonds is 6. The van der Waals surface area contributed by atoms with E-state index in [2.05, 4.69) is 45.1 Å². The van der Waals surface area contributed by atoms with Crippen LogP contribution in [0.25, 0.3) is 0 Å². The highest BCUT2D eigenvalue weighted by Crippen LogP contribution is 2.46. The van der Waals surface area contributed by atoms with Gasteiger partial charge in [0.2, 0.25) is 0 Å². The van der Waals surface area contributed by atoms with Crippen LogP contribution in [-0.2, 0) is 0 Å². The third kappa shape index (κ3) is 4.51. The number of benzene rings is 2. The number of hydrogen-bond acceptors (Lipinski definition) is 3. The Morgan fingerprint density at radius 3 is 2.47 bits per heavy atom. The highest BCUT2D eigenvalue weighted by molar-refractivity contribution is 6.02. The SMILES string of the molecule is COc1cc(C)c(C(=O)C2[C@H](CC=C(C)C)C(C)=CC[C@H]2c2ccccc2)c(O)c1. The molecule has 0 radical (unpaired) electrons. The van der Waals surface area contributed by atoms with Gasteiger partial charge in [0.1, 0.15) is 11.5 Å². The van der Waals surface area contributed by atoms with Crippen molar-refractivity contribution in [3.8, 4) is 11.5 Å². The minimum absolute atomic E-state index is 0.00293. The van der Waals surface area contributed by atoms with Crippen LogP contribution in [0.15, 0.2) is 65.8 Å². The molecule has 158 valence electrons. The zero-order valence-electron chi connectivity index (χ0n) is 18.6. The molecule has 0 saturated heterocycles. The standard InChI is InChI=1S/C27H32O3/c1-17(2)11-13-22-18(3)12-14-23(20-9-7-6-8-10-20)26(22)27(29)25-19(4)15-21(30-5)16-24(25)28/h6-12,15-16,22-23,26,28H,13-14H2,1-5H3/t22-,23+,26?/m1/s1. The first-order chi connectivity index (χ1) is 14.3. The summed E-state index contributed by atoms with van der Waals surface area (Å²) in [6.07, 6.45) is 6.15. The molecule has 3 nitrogen and oxygen atoms in total. The number of allylic oxidation sites excluding steroid dienone is 4. The summed E-state index contributed by atoms with van der Waals surface area (Å²) in [5.74, 6) is 0.525. The van der Waals surface area contributed by atoms with Crippen molar-refractivity contribution in [1.29, 1.82) is 0 Å². The predicted molar refractivity (Wildman–Crippen MR) is 122 cm³/mol. The van der Waals surface area contributed by atoms with Gasteiger partial charge in [0.05, 0.1) is 12.7 Å². The fraction of sp³-hybridized carbons (Fsp3) is 0.370. The normalized spacial score (nSPS) is 21.0. The molecule has 0 aromatic heterocycles. The van der Waals surface area contributed by atoms with E-state index in [-0.39, 0.29) is 29.3 Å². The van der Waals surface area contributed by atoms with Gasteiger partial charge in [0.25, 0.3) is 0 Å². The Kier molecular flexibility index (Phi) is 6.81. The van der Waals surface area contributed by atoms with E-state index in [9.17, 15) is 9.90 Å². The molecule has 3 rings (SSSR count). The van der Waals surface area contributed by atoms with E-state index in [4.69, 9.17) is 4.74 Å². The van der Waals surface area contributed by atoms with Crippen molar-refractivity contribution in [2.75, 3.05) is 7.11 Å². The zero-order chi connectivity index (χ0) is 21.8. The van der Waals surface area contributed by atoms with Crippen molar-refractivity contribution in [3.05, 3.63) is 82.5 Å². The molecular formula is C27H32O3. The smallest absolute Gasteiger partial charge is 0.171 e. The van der Waals surface area contributed by atoms with Crippen molar-refractivity contribution in [2.24, 2.45) is 11.8 Å². The maximum atomic E-state index is 14.0. The fourth-order valence-electron chi connectivity index (χ4n) is 4.62. The lowest BCUT2D eigenvalue weighted by molar-refractivity contribution is 0.0846. The van der Waals surface area contributed by atoms with Crippen molar-refractivity contribution in [1.82, 2.24) is 0 Å². The number of phenolic OH excluding ortho intramolecular Hbond substituents is 1. The van der Waals surface area contributed by atoms with E-state index >= 15 is 0 Å². The minimum Gasteiger partial charge on any atom is -0.507 e. The average molecular weight is 405 g/mol. The molecule has 0 saturated carbocycles. The lowest BCUT2D eigenvalue weighted by Gasteiger charge is -2.37. The van der Waals surface area contributed by atoms with Crippen molar-refractivity contribution in [3.63, 3.8) is 0 Å². The Balaban J connectivity index is 2.11. The summed E-state index contributed by atoms with van der Waals surface area (Å²) in [7, 11) is 1.56. The quantitative estimate of drug-likeness (QED) is 0.435. The molecule has 0 amide bonds. The van der Waals surface area contributed by atoms with Crippen LogP contribution in [0.3, 0.4) is 0 Å². The largest absolute Gasteiger partial charge is 0.507 e. The number of phenols is 1. The highest BCUT2D eigenvalue weighted by Gasteiger charge is 2.40. The Hall–Kier alpha value is -2.81. The summed E-state index contributed by atoms with van der Waals surface area (Å²) in [6.45, 7) is 8.18. The van der Waals surface area contributed by atoms with Crippen LogP contribution in [0.2, 0.25) is 0 Å². The van der Waals surface area contributed by atoms with Gasteiger partial charge >= 0.3 is 0 Å². The molecule has 0 fully saturated rings. The Morgan fingerprint density at radius 1 is 1.17 bits per heavy atom. The van der Waals surface area contributed by atoms with Crippen molar-refractivity contribution >= 4 is 5.78 Å². The summed E-state index contributed by atoms with van der Waals surface area (Å²) in [4.78, 5) is 14.0. The van der Waals surface area contributed by atoms with E-state index in [0.29, 0.717) is 11.3 Å². The van der Waals surface area contributed by atoms with Crippen LogP contribution >= 0.6 is 0 Å². The van der Waals surface area contributed by atoms with Gasteiger partial charge in [0.15, 0.2) is 5.78 Å². The van der Waals surface area contributed by atoms with Gasteiger partial charge in [-0.2, -0.15) is 0 Å². The fourth-order valence-corrected chi connectivity index (χ4v) is 4.62. The van der Waals surface area contributed by atoms with E-state index < -0.39 is 0 Å². The number of ketones is 1. The van der Waals surface area contributed by atoms with Crippen molar-refractivity contribution in [2.45, 2.75) is 46.5 Å². The van der Waals surface area contributed by atoms with E-state index in [1.54, 1.807) is 7.11 Å². The summed E-state index contributed by atoms with van der Waals surface area (Å²) < 4.78 is 5.26. The first-order valence-electron chi connectivity index (χ1n) is 10.6. The third-order valence-corrected chi connectivity index (χ3v) is 6.23. The molecule has 1 aliphatic carbocycles. The Labute approximate surface area is 180 Å². The van der Waals surface area contributed by atoms with Crippen LogP contribution in [0.5, 0.6) is 11.5 Å². The maximum Gasteiger partial charge on any atom is 0.171 e. The second-order valence-electron chi connectivity index (χ2n) is 8.55. The molecule has 0 spiro atoms. The number of ether oxygens (including phenoxy) is 1. The second-order valence-corrected chi connectivity index (χ2v) is 8.55. The minimum atomic E-state index is -0.231. The topological polar surface area (TPSA) is 46.5 Å². The van der Waals surface area contributed by atoms with Gasteiger partial charge in [-0.25, -0.2) is 0 Å². The van der Waals surface area contributed by atoms with Crippen LogP contribution in [0.1, 0.15) is 61.0 Å². The van der Waals surface area contributed by atoms with E-state index in [1.807, 2.05) is 31.2 Å². The van der Waals surface area contributed by atoms with E-state index in [1.165, 1.54) is 22.8 Å². The maximum absolute atomic E-state index is 14.0. The van der Waals surface area contributed by atoms with Gasteiger partial charge in [0, 0.05) is 12.0 Å². The number of methoxy groups -OCH3 is 1. The number of aryl methyl sites for hydroxylation is 1. The predicted octanol–water partition coefficient (Wildman–Crippen LogP) is 6.61. The first-order valence-corrected chi connectivity index (χ1v) is 10.6. The van der Waals surface area contributed by atoms with Gasteiger partial charge in [-0.15, -0.1) is 0 Å². The molecule has 30 heavy (non-hydrogen) atoms. The highest BCUT2D eigenvalue weighted by atomic mass is 16.5. The molecule has 2 aromatic carbocycles. The first kappa shape index (κ1) is 21.9. The molecule has 1 unspecified atom stereocenters. The molecule has 0 bridgehead atoms. The Morgan fingerprint density at radius 2 is 1.87 bits per heavy atom. The van der Waals surface area contributed by atoms with Crippen LogP contribution in [-0.4, -0.2) is 18.0 Å². The molecule has 0 aliphatic heterocycles. The second kappa shape index (κ2) is 9.34. The lowest BCUT2D eigenvalue weighted by atomic mass is 9.65. The van der Waals surface area contributed by atoms with E-state index in [0.717, 1.165) is 18.4 Å². The van der Waals surface area contributed by atoms with Crippen LogP contribution in [0.4, 0.5) is 0 Å². The number of carbonyl (C=O) groups excluding carboxylic acids is 1. The van der Waals surface area contributed by atoms with Crippen molar-refractivity contribution < 1.29 is 14.6 Å². The van der Waals surface area contributed by atoms with Crippen LogP contribution < -0.4 is 4.74 Å². The van der Waals surface area contributed by atoms with Gasteiger partial charge in [-0.3, -0.25) is 4.79 Å².